The number of carbonyl (C=O) groups excluding carboxylic acids is 1. The van der Waals surface area contributed by atoms with E-state index < -0.39 is 0 Å². The fraction of sp³-hybridized carbons (Fsp3) is 0.0357. The molecule has 5 rings (SSSR count). The number of nitrogens with zero attached hydrogens (tertiary/aromatic N) is 2. The Labute approximate surface area is 212 Å². The fourth-order valence-electron chi connectivity index (χ4n) is 3.59. The molecule has 2 heterocycles. The number of H-pyrrole nitrogens is 1. The number of aromatic amines is 1. The Kier molecular flexibility index (Phi) is 6.97. The molecule has 172 valence electrons. The summed E-state index contributed by atoms with van der Waals surface area (Å²) in [5.74, 6) is -0.130. The van der Waals surface area contributed by atoms with Crippen LogP contribution in [0.1, 0.15) is 21.7 Å². The predicted octanol–water partition coefficient (Wildman–Crippen LogP) is 7.25. The van der Waals surface area contributed by atoms with E-state index >= 15 is 0 Å². The van der Waals surface area contributed by atoms with Crippen molar-refractivity contribution in [2.45, 2.75) is 14.7 Å². The summed E-state index contributed by atoms with van der Waals surface area (Å²) < 4.78 is 0. The van der Waals surface area contributed by atoms with Crippen LogP contribution in [0.4, 0.5) is 5.69 Å². The third-order valence-corrected chi connectivity index (χ3v) is 7.18. The molecule has 7 heteroatoms. The van der Waals surface area contributed by atoms with Gasteiger partial charge in [-0.05, 0) is 85.1 Å². The van der Waals surface area contributed by atoms with E-state index in [9.17, 15) is 4.79 Å². The molecule has 0 bridgehead atoms. The van der Waals surface area contributed by atoms with E-state index in [0.717, 1.165) is 42.7 Å². The van der Waals surface area contributed by atoms with Gasteiger partial charge in [-0.1, -0.05) is 30.0 Å². The number of benzene rings is 3. The molecule has 0 aliphatic rings. The standard InChI is InChI=1S/C28H22N4OS2/c1-34-21-12-9-20(10-13-21)30-28(33)24-7-2-3-8-27(24)35-22-14-15-23-25(31-32-26(23)18-22)16-11-19-6-4-5-17-29-19/h2-18H,1H3,(H,30,33)(H,31,32)/b16-11+. The molecule has 3 aromatic carbocycles. The van der Waals surface area contributed by atoms with Crippen molar-refractivity contribution in [3.63, 3.8) is 0 Å². The van der Waals surface area contributed by atoms with Gasteiger partial charge in [0.05, 0.1) is 22.5 Å². The van der Waals surface area contributed by atoms with Crippen LogP contribution < -0.4 is 5.32 Å². The summed E-state index contributed by atoms with van der Waals surface area (Å²) >= 11 is 3.22. The molecule has 0 atom stereocenters. The monoisotopic (exact) mass is 494 g/mol. The normalized spacial score (nSPS) is 11.2. The maximum absolute atomic E-state index is 13.0. The van der Waals surface area contributed by atoms with Gasteiger partial charge in [-0.25, -0.2) is 0 Å². The van der Waals surface area contributed by atoms with Gasteiger partial charge in [0.1, 0.15) is 0 Å². The highest BCUT2D eigenvalue weighted by Gasteiger charge is 2.13. The van der Waals surface area contributed by atoms with Gasteiger partial charge < -0.3 is 5.32 Å². The van der Waals surface area contributed by atoms with E-state index in [2.05, 4.69) is 38.7 Å². The second-order valence-electron chi connectivity index (χ2n) is 7.69. The SMILES string of the molecule is CSc1ccc(NC(=O)c2ccccc2Sc2ccc3c(/C=C/c4ccccn4)n[nH]c3c2)cc1. The second kappa shape index (κ2) is 10.6. The van der Waals surface area contributed by atoms with Gasteiger partial charge in [-0.2, -0.15) is 5.10 Å². The van der Waals surface area contributed by atoms with Gasteiger partial charge in [0.25, 0.3) is 5.91 Å². The molecule has 0 spiro atoms. The molecule has 2 N–H and O–H groups in total. The number of fused-ring (bicyclic) bond motifs is 1. The van der Waals surface area contributed by atoms with Crippen LogP contribution in [0.5, 0.6) is 0 Å². The first-order chi connectivity index (χ1) is 17.2. The van der Waals surface area contributed by atoms with Crippen LogP contribution in [0, 0.1) is 0 Å². The average Bonchev–Trinajstić information content (AvgIpc) is 3.31. The Morgan fingerprint density at radius 3 is 2.51 bits per heavy atom. The van der Waals surface area contributed by atoms with Crippen molar-refractivity contribution in [1.29, 1.82) is 0 Å². The summed E-state index contributed by atoms with van der Waals surface area (Å²) in [4.78, 5) is 20.4. The van der Waals surface area contributed by atoms with E-state index in [1.165, 1.54) is 0 Å². The topological polar surface area (TPSA) is 70.7 Å². The summed E-state index contributed by atoms with van der Waals surface area (Å²) in [6.45, 7) is 0. The van der Waals surface area contributed by atoms with Crippen molar-refractivity contribution in [2.24, 2.45) is 0 Å². The first-order valence-corrected chi connectivity index (χ1v) is 13.0. The highest BCUT2D eigenvalue weighted by molar-refractivity contribution is 7.99. The average molecular weight is 495 g/mol. The lowest BCUT2D eigenvalue weighted by molar-refractivity contribution is 0.102. The van der Waals surface area contributed by atoms with E-state index in [1.807, 2.05) is 85.1 Å². The molecule has 5 aromatic rings. The number of hydrogen-bond acceptors (Lipinski definition) is 5. The molecule has 0 fully saturated rings. The van der Waals surface area contributed by atoms with Crippen LogP contribution in [-0.4, -0.2) is 27.3 Å². The lowest BCUT2D eigenvalue weighted by atomic mass is 10.2. The quantitative estimate of drug-likeness (QED) is 0.233. The first kappa shape index (κ1) is 23.0. The van der Waals surface area contributed by atoms with Crippen molar-refractivity contribution < 1.29 is 4.79 Å². The highest BCUT2D eigenvalue weighted by Crippen LogP contribution is 2.33. The molecule has 2 aromatic heterocycles. The Morgan fingerprint density at radius 1 is 0.914 bits per heavy atom. The molecular formula is C28H22N4OS2. The molecule has 1 amide bonds. The molecule has 0 aliphatic heterocycles. The minimum absolute atomic E-state index is 0.130. The maximum Gasteiger partial charge on any atom is 0.256 e. The van der Waals surface area contributed by atoms with Gasteiger partial charge in [0.15, 0.2) is 0 Å². The van der Waals surface area contributed by atoms with Crippen LogP contribution in [0.25, 0.3) is 23.1 Å². The molecule has 5 nitrogen and oxygen atoms in total. The van der Waals surface area contributed by atoms with Gasteiger partial charge >= 0.3 is 0 Å². The number of thioether (sulfide) groups is 1. The third kappa shape index (κ3) is 5.48. The Morgan fingerprint density at radius 2 is 1.71 bits per heavy atom. The lowest BCUT2D eigenvalue weighted by Gasteiger charge is -2.10. The second-order valence-corrected chi connectivity index (χ2v) is 9.68. The van der Waals surface area contributed by atoms with Crippen molar-refractivity contribution in [3.8, 4) is 0 Å². The lowest BCUT2D eigenvalue weighted by Crippen LogP contribution is -2.12. The molecule has 0 saturated carbocycles. The largest absolute Gasteiger partial charge is 0.322 e. The predicted molar refractivity (Wildman–Crippen MR) is 146 cm³/mol. The van der Waals surface area contributed by atoms with Gasteiger partial charge in [-0.3, -0.25) is 14.9 Å². The number of carbonyl (C=O) groups is 1. The summed E-state index contributed by atoms with van der Waals surface area (Å²) in [7, 11) is 0. The number of amides is 1. The Balaban J connectivity index is 1.34. The van der Waals surface area contributed by atoms with Crippen molar-refractivity contribution >= 4 is 58.2 Å². The number of nitrogens with one attached hydrogen (secondary N) is 2. The third-order valence-electron chi connectivity index (χ3n) is 5.37. The molecule has 0 saturated heterocycles. The van der Waals surface area contributed by atoms with E-state index in [1.54, 1.807) is 29.7 Å². The molecule has 0 radical (unpaired) electrons. The van der Waals surface area contributed by atoms with Crippen LogP contribution in [-0.2, 0) is 0 Å². The Hall–Kier alpha value is -3.81. The first-order valence-electron chi connectivity index (χ1n) is 11.0. The minimum atomic E-state index is -0.130. The Bertz CT molecular complexity index is 1490. The molecular weight excluding hydrogens is 472 g/mol. The van der Waals surface area contributed by atoms with E-state index in [0.29, 0.717) is 5.56 Å². The zero-order chi connectivity index (χ0) is 24.0. The van der Waals surface area contributed by atoms with Crippen LogP contribution in [0.3, 0.4) is 0 Å². The zero-order valence-corrected chi connectivity index (χ0v) is 20.6. The number of hydrogen-bond donors (Lipinski definition) is 2. The fourth-order valence-corrected chi connectivity index (χ4v) is 4.98. The minimum Gasteiger partial charge on any atom is -0.322 e. The summed E-state index contributed by atoms with van der Waals surface area (Å²) in [6, 6.07) is 27.5. The van der Waals surface area contributed by atoms with Crippen LogP contribution in [0.2, 0.25) is 0 Å². The molecule has 35 heavy (non-hydrogen) atoms. The van der Waals surface area contributed by atoms with Gasteiger partial charge in [0.2, 0.25) is 0 Å². The summed E-state index contributed by atoms with van der Waals surface area (Å²) in [6.07, 6.45) is 7.70. The molecule has 0 unspecified atom stereocenters. The number of pyridine rings is 1. The number of rotatable bonds is 7. The van der Waals surface area contributed by atoms with Crippen molar-refractivity contribution in [2.75, 3.05) is 11.6 Å². The van der Waals surface area contributed by atoms with Crippen LogP contribution >= 0.6 is 23.5 Å². The molecule has 0 aliphatic carbocycles. The smallest absolute Gasteiger partial charge is 0.256 e. The maximum atomic E-state index is 13.0. The van der Waals surface area contributed by atoms with Gasteiger partial charge in [0, 0.05) is 32.0 Å². The number of aromatic nitrogens is 3. The van der Waals surface area contributed by atoms with Crippen molar-refractivity contribution in [3.05, 3.63) is 108 Å². The van der Waals surface area contributed by atoms with Gasteiger partial charge in [-0.15, -0.1) is 11.8 Å². The van der Waals surface area contributed by atoms with Crippen molar-refractivity contribution in [1.82, 2.24) is 15.2 Å². The summed E-state index contributed by atoms with van der Waals surface area (Å²) in [5, 5.41) is 11.6. The number of anilines is 1. The van der Waals surface area contributed by atoms with E-state index in [4.69, 9.17) is 0 Å². The zero-order valence-electron chi connectivity index (χ0n) is 18.9. The van der Waals surface area contributed by atoms with E-state index in [-0.39, 0.29) is 5.91 Å². The van der Waals surface area contributed by atoms with Crippen LogP contribution in [0.15, 0.2) is 106 Å². The summed E-state index contributed by atoms with van der Waals surface area (Å²) in [5.41, 5.74) is 4.08. The highest BCUT2D eigenvalue weighted by atomic mass is 32.2.